The smallest absolute Gasteiger partial charge is 0.251 e. The van der Waals surface area contributed by atoms with Crippen LogP contribution in [0.15, 0.2) is 35.0 Å². The van der Waals surface area contributed by atoms with Crippen LogP contribution in [0.4, 0.5) is 0 Å². The molecule has 0 bridgehead atoms. The highest BCUT2D eigenvalue weighted by molar-refractivity contribution is 5.94. The lowest BCUT2D eigenvalue weighted by Crippen LogP contribution is -2.26. The number of rotatable bonds is 7. The van der Waals surface area contributed by atoms with Gasteiger partial charge in [-0.2, -0.15) is 5.10 Å². The van der Waals surface area contributed by atoms with Gasteiger partial charge in [0.1, 0.15) is 18.1 Å². The van der Waals surface area contributed by atoms with Gasteiger partial charge in [-0.3, -0.25) is 9.48 Å². The maximum atomic E-state index is 12.6. The highest BCUT2D eigenvalue weighted by Crippen LogP contribution is 2.20. The summed E-state index contributed by atoms with van der Waals surface area (Å²) in [5, 5.41) is 11.3. The molecule has 2 aromatic heterocycles. The maximum absolute atomic E-state index is 12.6. The van der Waals surface area contributed by atoms with E-state index in [1.807, 2.05) is 45.5 Å². The van der Waals surface area contributed by atoms with Gasteiger partial charge in [-0.15, -0.1) is 0 Å². The second-order valence-electron chi connectivity index (χ2n) is 6.81. The molecule has 0 saturated carbocycles. The van der Waals surface area contributed by atoms with Crippen LogP contribution in [0.25, 0.3) is 0 Å². The molecule has 0 fully saturated rings. The van der Waals surface area contributed by atoms with Crippen LogP contribution in [-0.4, -0.2) is 20.8 Å². The summed E-state index contributed by atoms with van der Waals surface area (Å²) in [5.41, 5.74) is 4.44. The minimum atomic E-state index is -0.131. The first-order chi connectivity index (χ1) is 13.4. The summed E-state index contributed by atoms with van der Waals surface area (Å²) in [7, 11) is 0. The molecular formula is C21H26N4O3. The van der Waals surface area contributed by atoms with Crippen molar-refractivity contribution >= 4 is 5.91 Å². The fourth-order valence-corrected chi connectivity index (χ4v) is 3.13. The molecule has 0 spiro atoms. The van der Waals surface area contributed by atoms with E-state index < -0.39 is 0 Å². The average molecular weight is 382 g/mol. The van der Waals surface area contributed by atoms with E-state index in [1.54, 1.807) is 24.3 Å². The molecule has 1 aromatic carbocycles. The molecule has 0 aliphatic heterocycles. The topological polar surface area (TPSA) is 82.2 Å². The van der Waals surface area contributed by atoms with E-state index in [9.17, 15) is 4.79 Å². The van der Waals surface area contributed by atoms with Crippen LogP contribution in [0.5, 0.6) is 5.75 Å². The van der Waals surface area contributed by atoms with Crippen molar-refractivity contribution in [1.29, 1.82) is 0 Å². The summed E-state index contributed by atoms with van der Waals surface area (Å²) in [6, 6.07) is 6.97. The van der Waals surface area contributed by atoms with Crippen LogP contribution >= 0.6 is 0 Å². The number of nitrogens with zero attached hydrogens (tertiary/aromatic N) is 3. The van der Waals surface area contributed by atoms with Crippen LogP contribution in [0.1, 0.15) is 58.5 Å². The summed E-state index contributed by atoms with van der Waals surface area (Å²) >= 11 is 0. The summed E-state index contributed by atoms with van der Waals surface area (Å²) < 4.78 is 12.8. The second kappa shape index (κ2) is 8.29. The zero-order valence-electron chi connectivity index (χ0n) is 16.9. The predicted molar refractivity (Wildman–Crippen MR) is 105 cm³/mol. The normalized spacial score (nSPS) is 12.0. The molecular weight excluding hydrogens is 356 g/mol. The molecule has 2 heterocycles. The maximum Gasteiger partial charge on any atom is 0.251 e. The number of benzene rings is 1. The van der Waals surface area contributed by atoms with Crippen molar-refractivity contribution in [3.05, 3.63) is 64.3 Å². The summed E-state index contributed by atoms with van der Waals surface area (Å²) in [6.45, 7) is 11.0. The molecule has 1 atom stereocenters. The van der Waals surface area contributed by atoms with E-state index >= 15 is 0 Å². The minimum absolute atomic E-state index is 0.122. The van der Waals surface area contributed by atoms with Gasteiger partial charge >= 0.3 is 0 Å². The number of carbonyl (C=O) groups is 1. The van der Waals surface area contributed by atoms with Crippen molar-refractivity contribution in [2.45, 2.75) is 53.8 Å². The predicted octanol–water partition coefficient (Wildman–Crippen LogP) is 3.89. The molecule has 0 aliphatic carbocycles. The summed E-state index contributed by atoms with van der Waals surface area (Å²) in [5.74, 6) is 1.31. The van der Waals surface area contributed by atoms with Crippen LogP contribution < -0.4 is 10.1 Å². The third-order valence-corrected chi connectivity index (χ3v) is 4.94. The van der Waals surface area contributed by atoms with Crippen molar-refractivity contribution in [1.82, 2.24) is 20.3 Å². The van der Waals surface area contributed by atoms with Gasteiger partial charge in [-0.1, -0.05) is 5.16 Å². The molecule has 1 N–H and O–H groups in total. The third-order valence-electron chi connectivity index (χ3n) is 4.94. The van der Waals surface area contributed by atoms with Crippen LogP contribution in [0.3, 0.4) is 0 Å². The van der Waals surface area contributed by atoms with Crippen molar-refractivity contribution in [2.75, 3.05) is 0 Å². The zero-order chi connectivity index (χ0) is 20.3. The first-order valence-corrected chi connectivity index (χ1v) is 9.38. The third kappa shape index (κ3) is 4.08. The minimum Gasteiger partial charge on any atom is -0.489 e. The molecule has 1 unspecified atom stereocenters. The lowest BCUT2D eigenvalue weighted by Gasteiger charge is -2.14. The molecule has 7 nitrogen and oxygen atoms in total. The van der Waals surface area contributed by atoms with Gasteiger partial charge in [-0.25, -0.2) is 0 Å². The Bertz CT molecular complexity index is 937. The first kappa shape index (κ1) is 19.7. The Kier molecular flexibility index (Phi) is 5.82. The summed E-state index contributed by atoms with van der Waals surface area (Å²) in [4.78, 5) is 12.6. The highest BCUT2D eigenvalue weighted by Gasteiger charge is 2.16. The molecule has 7 heteroatoms. The fraction of sp³-hybridized carbons (Fsp3) is 0.381. The molecule has 0 radical (unpaired) electrons. The monoisotopic (exact) mass is 382 g/mol. The molecule has 3 rings (SSSR count). The number of hydrogen-bond donors (Lipinski definition) is 1. The summed E-state index contributed by atoms with van der Waals surface area (Å²) in [6.07, 6.45) is 1.81. The number of aryl methyl sites for hydroxylation is 3. The quantitative estimate of drug-likeness (QED) is 0.670. The fourth-order valence-electron chi connectivity index (χ4n) is 3.13. The SMILES string of the molecule is CCn1ncc(C(C)NC(=O)c2ccc(OCc3c(C)noc3C)cc2)c1C. The van der Waals surface area contributed by atoms with Crippen LogP contribution in [0, 0.1) is 20.8 Å². The van der Waals surface area contributed by atoms with Crippen LogP contribution in [0.2, 0.25) is 0 Å². The van der Waals surface area contributed by atoms with E-state index in [-0.39, 0.29) is 11.9 Å². The molecule has 0 aliphatic rings. The zero-order valence-corrected chi connectivity index (χ0v) is 16.9. The lowest BCUT2D eigenvalue weighted by molar-refractivity contribution is 0.0939. The number of carbonyl (C=O) groups excluding carboxylic acids is 1. The lowest BCUT2D eigenvalue weighted by atomic mass is 10.1. The van der Waals surface area contributed by atoms with Gasteiger partial charge in [0.15, 0.2) is 0 Å². The Hall–Kier alpha value is -3.09. The average Bonchev–Trinajstić information content (AvgIpc) is 3.22. The molecule has 0 saturated heterocycles. The number of aromatic nitrogens is 3. The van der Waals surface area contributed by atoms with Crippen molar-refractivity contribution in [3.8, 4) is 5.75 Å². The van der Waals surface area contributed by atoms with Gasteiger partial charge < -0.3 is 14.6 Å². The second-order valence-corrected chi connectivity index (χ2v) is 6.81. The van der Waals surface area contributed by atoms with E-state index in [1.165, 1.54) is 0 Å². The van der Waals surface area contributed by atoms with Crippen molar-refractivity contribution in [2.24, 2.45) is 0 Å². The first-order valence-electron chi connectivity index (χ1n) is 9.38. The Morgan fingerprint density at radius 3 is 2.54 bits per heavy atom. The number of amides is 1. The van der Waals surface area contributed by atoms with Gasteiger partial charge in [0.2, 0.25) is 0 Å². The van der Waals surface area contributed by atoms with E-state index in [0.717, 1.165) is 34.8 Å². The van der Waals surface area contributed by atoms with E-state index in [0.29, 0.717) is 17.9 Å². The molecule has 28 heavy (non-hydrogen) atoms. The Morgan fingerprint density at radius 1 is 1.25 bits per heavy atom. The number of ether oxygens (including phenoxy) is 1. The Labute approximate surface area is 164 Å². The van der Waals surface area contributed by atoms with E-state index in [2.05, 4.69) is 15.6 Å². The number of nitrogens with one attached hydrogen (secondary N) is 1. The van der Waals surface area contributed by atoms with Crippen LogP contribution in [-0.2, 0) is 13.2 Å². The van der Waals surface area contributed by atoms with Gasteiger partial charge in [-0.05, 0) is 58.9 Å². The van der Waals surface area contributed by atoms with Gasteiger partial charge in [0.25, 0.3) is 5.91 Å². The van der Waals surface area contributed by atoms with Gasteiger partial charge in [0, 0.05) is 23.4 Å². The Balaban J connectivity index is 1.61. The molecule has 1 amide bonds. The number of hydrogen-bond acceptors (Lipinski definition) is 5. The highest BCUT2D eigenvalue weighted by atomic mass is 16.5. The van der Waals surface area contributed by atoms with Gasteiger partial charge in [0.05, 0.1) is 23.5 Å². The van der Waals surface area contributed by atoms with Crippen molar-refractivity contribution < 1.29 is 14.1 Å². The Morgan fingerprint density at radius 2 is 1.96 bits per heavy atom. The largest absolute Gasteiger partial charge is 0.489 e. The van der Waals surface area contributed by atoms with Crippen molar-refractivity contribution in [3.63, 3.8) is 0 Å². The standard InChI is InChI=1S/C21H26N4O3/c1-6-25-15(4)19(11-22-25)13(2)23-21(26)17-7-9-18(10-8-17)27-12-20-14(3)24-28-16(20)5/h7-11,13H,6,12H2,1-5H3,(H,23,26). The van der Waals surface area contributed by atoms with E-state index in [4.69, 9.17) is 9.26 Å². The molecule has 148 valence electrons. The molecule has 3 aromatic rings.